The van der Waals surface area contributed by atoms with Gasteiger partial charge in [-0.2, -0.15) is 0 Å². The van der Waals surface area contributed by atoms with Crippen molar-refractivity contribution in [3.8, 4) is 11.5 Å². The summed E-state index contributed by atoms with van der Waals surface area (Å²) in [6.07, 6.45) is 0. The average Bonchev–Trinajstić information content (AvgIpc) is 2.28. The zero-order valence-electron chi connectivity index (χ0n) is 9.16. The van der Waals surface area contributed by atoms with E-state index in [4.69, 9.17) is 9.47 Å². The van der Waals surface area contributed by atoms with Crippen LogP contribution in [0.5, 0.6) is 11.5 Å². The summed E-state index contributed by atoms with van der Waals surface area (Å²) in [6, 6.07) is 5.16. The molecule has 0 aliphatic heterocycles. The van der Waals surface area contributed by atoms with Crippen molar-refractivity contribution in [3.05, 3.63) is 23.8 Å². The van der Waals surface area contributed by atoms with Gasteiger partial charge in [0.2, 0.25) is 0 Å². The molecular formula is C11H15NO3. The van der Waals surface area contributed by atoms with Gasteiger partial charge < -0.3 is 14.8 Å². The number of benzene rings is 1. The number of carbonyl (C=O) groups excluding carboxylic acids is 1. The second-order valence-corrected chi connectivity index (χ2v) is 3.02. The van der Waals surface area contributed by atoms with Crippen LogP contribution in [0, 0.1) is 0 Å². The first-order valence-electron chi connectivity index (χ1n) is 4.62. The summed E-state index contributed by atoms with van der Waals surface area (Å²) in [5, 5.41) is 2.81. The summed E-state index contributed by atoms with van der Waals surface area (Å²) < 4.78 is 10.2. The third-order valence-corrected chi connectivity index (χ3v) is 2.04. The van der Waals surface area contributed by atoms with Gasteiger partial charge in [0.05, 0.1) is 26.3 Å². The van der Waals surface area contributed by atoms with Gasteiger partial charge >= 0.3 is 0 Å². The van der Waals surface area contributed by atoms with E-state index in [2.05, 4.69) is 5.32 Å². The van der Waals surface area contributed by atoms with E-state index < -0.39 is 0 Å². The van der Waals surface area contributed by atoms with Crippen LogP contribution in [-0.4, -0.2) is 33.6 Å². The molecule has 0 heterocycles. The van der Waals surface area contributed by atoms with Gasteiger partial charge in [0, 0.05) is 0 Å². The molecule has 0 radical (unpaired) electrons. The second-order valence-electron chi connectivity index (χ2n) is 3.02. The number of likely N-dealkylation sites (N-methyl/N-ethyl adjacent to an activating group) is 1. The molecule has 0 saturated carbocycles. The molecule has 1 N–H and O–H groups in total. The summed E-state index contributed by atoms with van der Waals surface area (Å²) in [5.74, 6) is 1.19. The number of hydrogen-bond donors (Lipinski definition) is 1. The maximum atomic E-state index is 11.7. The van der Waals surface area contributed by atoms with Crippen molar-refractivity contribution in [2.75, 3.05) is 27.8 Å². The van der Waals surface area contributed by atoms with Crippen LogP contribution < -0.4 is 14.8 Å². The number of hydrogen-bond acceptors (Lipinski definition) is 4. The van der Waals surface area contributed by atoms with Crippen molar-refractivity contribution in [1.82, 2.24) is 5.32 Å². The highest BCUT2D eigenvalue weighted by Crippen LogP contribution is 2.24. The van der Waals surface area contributed by atoms with Gasteiger partial charge in [-0.15, -0.1) is 0 Å². The molecule has 0 bridgehead atoms. The van der Waals surface area contributed by atoms with Gasteiger partial charge in [-0.05, 0) is 25.2 Å². The Balaban J connectivity index is 3.05. The van der Waals surface area contributed by atoms with Gasteiger partial charge in [-0.25, -0.2) is 0 Å². The van der Waals surface area contributed by atoms with Gasteiger partial charge in [-0.1, -0.05) is 0 Å². The van der Waals surface area contributed by atoms with Crippen LogP contribution in [0.3, 0.4) is 0 Å². The monoisotopic (exact) mass is 209 g/mol. The molecule has 4 nitrogen and oxygen atoms in total. The van der Waals surface area contributed by atoms with Crippen molar-refractivity contribution in [3.63, 3.8) is 0 Å². The largest absolute Gasteiger partial charge is 0.497 e. The fraction of sp³-hybridized carbons (Fsp3) is 0.364. The first-order chi connectivity index (χ1) is 7.22. The minimum Gasteiger partial charge on any atom is -0.497 e. The highest BCUT2D eigenvalue weighted by molar-refractivity contribution is 6.00. The van der Waals surface area contributed by atoms with Crippen molar-refractivity contribution in [1.29, 1.82) is 0 Å². The SMILES string of the molecule is CNCC(=O)c1cc(OC)ccc1OC. The summed E-state index contributed by atoms with van der Waals surface area (Å²) in [5.41, 5.74) is 0.534. The molecule has 0 saturated heterocycles. The number of rotatable bonds is 5. The van der Waals surface area contributed by atoms with Crippen LogP contribution in [0.15, 0.2) is 18.2 Å². The normalized spacial score (nSPS) is 9.80. The lowest BCUT2D eigenvalue weighted by Crippen LogP contribution is -2.19. The maximum absolute atomic E-state index is 11.7. The predicted molar refractivity (Wildman–Crippen MR) is 57.8 cm³/mol. The molecule has 4 heteroatoms. The number of methoxy groups -OCH3 is 2. The Kier molecular flexibility index (Phi) is 4.12. The Morgan fingerprint density at radius 2 is 2.07 bits per heavy atom. The lowest BCUT2D eigenvalue weighted by atomic mass is 10.1. The standard InChI is InChI=1S/C11H15NO3/c1-12-7-10(13)9-6-8(14-2)4-5-11(9)15-3/h4-6,12H,7H2,1-3H3. The Bertz CT molecular complexity index is 350. The van der Waals surface area contributed by atoms with Gasteiger partial charge in [0.25, 0.3) is 0 Å². The average molecular weight is 209 g/mol. The van der Waals surface area contributed by atoms with E-state index in [0.29, 0.717) is 17.1 Å². The van der Waals surface area contributed by atoms with Crippen LogP contribution in [0.2, 0.25) is 0 Å². The summed E-state index contributed by atoms with van der Waals surface area (Å²) >= 11 is 0. The van der Waals surface area contributed by atoms with E-state index >= 15 is 0 Å². The van der Waals surface area contributed by atoms with Crippen LogP contribution in [0.25, 0.3) is 0 Å². The van der Waals surface area contributed by atoms with Crippen LogP contribution in [-0.2, 0) is 0 Å². The number of carbonyl (C=O) groups is 1. The van der Waals surface area contributed by atoms with Crippen LogP contribution in [0.1, 0.15) is 10.4 Å². The Morgan fingerprint density at radius 1 is 1.33 bits per heavy atom. The summed E-state index contributed by atoms with van der Waals surface area (Å²) in [6.45, 7) is 0.281. The first-order valence-corrected chi connectivity index (χ1v) is 4.62. The molecule has 0 aliphatic carbocycles. The number of ether oxygens (including phenoxy) is 2. The summed E-state index contributed by atoms with van der Waals surface area (Å²) in [4.78, 5) is 11.7. The zero-order chi connectivity index (χ0) is 11.3. The van der Waals surface area contributed by atoms with E-state index in [-0.39, 0.29) is 12.3 Å². The molecule has 15 heavy (non-hydrogen) atoms. The van der Waals surface area contributed by atoms with Crippen molar-refractivity contribution < 1.29 is 14.3 Å². The van der Waals surface area contributed by atoms with Crippen molar-refractivity contribution in [2.24, 2.45) is 0 Å². The molecule has 0 fully saturated rings. The highest BCUT2D eigenvalue weighted by Gasteiger charge is 2.12. The molecule has 0 unspecified atom stereocenters. The van der Waals surface area contributed by atoms with E-state index in [1.807, 2.05) is 0 Å². The number of ketones is 1. The maximum Gasteiger partial charge on any atom is 0.180 e. The molecule has 0 amide bonds. The van der Waals surface area contributed by atoms with E-state index in [1.165, 1.54) is 7.11 Å². The smallest absolute Gasteiger partial charge is 0.180 e. The van der Waals surface area contributed by atoms with Gasteiger partial charge in [0.1, 0.15) is 11.5 Å². The molecular weight excluding hydrogens is 194 g/mol. The molecule has 82 valence electrons. The van der Waals surface area contributed by atoms with E-state index in [0.717, 1.165) is 0 Å². The lowest BCUT2D eigenvalue weighted by Gasteiger charge is -2.09. The molecule has 1 aromatic rings. The minimum absolute atomic E-state index is 0.0201. The Labute approximate surface area is 89.2 Å². The molecule has 1 rings (SSSR count). The van der Waals surface area contributed by atoms with E-state index in [9.17, 15) is 4.79 Å². The fourth-order valence-corrected chi connectivity index (χ4v) is 1.29. The molecule has 1 aromatic carbocycles. The van der Waals surface area contributed by atoms with Gasteiger partial charge in [-0.3, -0.25) is 4.79 Å². The Hall–Kier alpha value is -1.55. The first kappa shape index (κ1) is 11.5. The van der Waals surface area contributed by atoms with Crippen molar-refractivity contribution in [2.45, 2.75) is 0 Å². The fourth-order valence-electron chi connectivity index (χ4n) is 1.29. The lowest BCUT2D eigenvalue weighted by molar-refractivity contribution is 0.0990. The molecule has 0 aromatic heterocycles. The number of Topliss-reactive ketones (excluding diaryl/α,β-unsaturated/α-hetero) is 1. The topological polar surface area (TPSA) is 47.6 Å². The Morgan fingerprint density at radius 3 is 2.60 bits per heavy atom. The summed E-state index contributed by atoms with van der Waals surface area (Å²) in [7, 11) is 4.83. The third kappa shape index (κ3) is 2.70. The third-order valence-electron chi connectivity index (χ3n) is 2.04. The minimum atomic E-state index is -0.0201. The number of nitrogens with one attached hydrogen (secondary N) is 1. The quantitative estimate of drug-likeness (QED) is 0.738. The zero-order valence-corrected chi connectivity index (χ0v) is 9.16. The van der Waals surface area contributed by atoms with Gasteiger partial charge in [0.15, 0.2) is 5.78 Å². The second kappa shape index (κ2) is 5.36. The highest BCUT2D eigenvalue weighted by atomic mass is 16.5. The molecule has 0 spiro atoms. The predicted octanol–water partition coefficient (Wildman–Crippen LogP) is 1.11. The van der Waals surface area contributed by atoms with Crippen LogP contribution in [0.4, 0.5) is 0 Å². The van der Waals surface area contributed by atoms with Crippen LogP contribution >= 0.6 is 0 Å². The molecule has 0 aliphatic rings. The molecule has 0 atom stereocenters. The van der Waals surface area contributed by atoms with Crippen molar-refractivity contribution >= 4 is 5.78 Å². The van der Waals surface area contributed by atoms with E-state index in [1.54, 1.807) is 32.4 Å².